The number of aldehydes is 2. The van der Waals surface area contributed by atoms with Crippen LogP contribution in [0.5, 0.6) is 0 Å². The van der Waals surface area contributed by atoms with Crippen molar-refractivity contribution in [3.8, 4) is 0 Å². The van der Waals surface area contributed by atoms with Crippen molar-refractivity contribution in [2.45, 2.75) is 71.0 Å². The Morgan fingerprint density at radius 2 is 1.48 bits per heavy atom. The Hall–Kier alpha value is -2.10. The van der Waals surface area contributed by atoms with E-state index in [2.05, 4.69) is 19.1 Å². The molecule has 0 saturated heterocycles. The van der Waals surface area contributed by atoms with E-state index in [0.717, 1.165) is 55.1 Å². The fourth-order valence-electron chi connectivity index (χ4n) is 4.52. The number of benzene rings is 1. The predicted octanol–water partition coefficient (Wildman–Crippen LogP) is 4.02. The first-order valence-electron chi connectivity index (χ1n) is 9.30. The van der Waals surface area contributed by atoms with Gasteiger partial charge in [0.25, 0.3) is 0 Å². The van der Waals surface area contributed by atoms with Gasteiger partial charge >= 0.3 is 0 Å². The van der Waals surface area contributed by atoms with Crippen LogP contribution >= 0.6 is 0 Å². The van der Waals surface area contributed by atoms with E-state index in [9.17, 15) is 9.59 Å². The molecule has 2 aliphatic rings. The second kappa shape index (κ2) is 7.03. The van der Waals surface area contributed by atoms with Crippen LogP contribution < -0.4 is 4.90 Å². The highest BCUT2D eigenvalue weighted by molar-refractivity contribution is 5.96. The van der Waals surface area contributed by atoms with Crippen LogP contribution in [0.4, 0.5) is 5.69 Å². The smallest absolute Gasteiger partial charge is 0.231 e. The van der Waals surface area contributed by atoms with Crippen molar-refractivity contribution in [3.63, 3.8) is 0 Å². The van der Waals surface area contributed by atoms with Crippen LogP contribution in [0.2, 0.25) is 0 Å². The number of nitrogens with zero attached hydrogens (tertiary/aromatic N) is 2. The third-order valence-corrected chi connectivity index (χ3v) is 5.62. The zero-order valence-corrected chi connectivity index (χ0v) is 15.5. The molecule has 4 nitrogen and oxygen atoms in total. The number of aryl methyl sites for hydroxylation is 3. The molecule has 1 aromatic carbocycles. The predicted molar refractivity (Wildman–Crippen MR) is 100 cm³/mol. The van der Waals surface area contributed by atoms with Gasteiger partial charge in [-0.2, -0.15) is 0 Å². The van der Waals surface area contributed by atoms with E-state index in [1.54, 1.807) is 0 Å². The molecule has 4 heteroatoms. The average Bonchev–Trinajstić information content (AvgIpc) is 2.76. The van der Waals surface area contributed by atoms with Gasteiger partial charge in [-0.3, -0.25) is 9.59 Å². The average molecular weight is 340 g/mol. The molecule has 1 saturated carbocycles. The van der Waals surface area contributed by atoms with Crippen molar-refractivity contribution in [2.24, 2.45) is 0 Å². The van der Waals surface area contributed by atoms with E-state index >= 15 is 0 Å². The number of hydrogen-bond donors (Lipinski definition) is 0. The summed E-state index contributed by atoms with van der Waals surface area (Å²) in [4.78, 5) is 28.3. The summed E-state index contributed by atoms with van der Waals surface area (Å²) >= 11 is 0. The minimum absolute atomic E-state index is 0.241. The van der Waals surface area contributed by atoms with E-state index in [1.807, 2.05) is 36.0 Å². The Bertz CT molecular complexity index is 656. The summed E-state index contributed by atoms with van der Waals surface area (Å²) < 4.78 is 0. The fraction of sp³-hybridized carbons (Fsp3) is 0.524. The molecule has 0 radical (unpaired) electrons. The molecule has 0 atom stereocenters. The quantitative estimate of drug-likeness (QED) is 0.471. The van der Waals surface area contributed by atoms with Crippen LogP contribution in [0.25, 0.3) is 0 Å². The van der Waals surface area contributed by atoms with Crippen LogP contribution in [0.1, 0.15) is 55.2 Å². The van der Waals surface area contributed by atoms with Gasteiger partial charge in [0.2, 0.25) is 5.66 Å². The molecule has 0 N–H and O–H groups in total. The summed E-state index contributed by atoms with van der Waals surface area (Å²) in [6.07, 6.45) is 12.3. The molecular formula is C21H28N2O2. The first-order chi connectivity index (χ1) is 12.0. The van der Waals surface area contributed by atoms with Gasteiger partial charge in [-0.1, -0.05) is 43.4 Å². The van der Waals surface area contributed by atoms with Gasteiger partial charge in [0.05, 0.1) is 0 Å². The number of rotatable bonds is 4. The maximum atomic E-state index is 12.2. The van der Waals surface area contributed by atoms with Crippen molar-refractivity contribution in [2.75, 3.05) is 4.90 Å². The molecule has 134 valence electrons. The second-order valence-corrected chi connectivity index (χ2v) is 7.49. The standard InChI is InChI=1S/C21H28N2O2/c1-16-12-17(2)20(18(3)13-16)23-11-10-22(21(23,14-24)15-25)19-8-6-4-5-7-9-19/h10-15,19H,4-9H2,1-3H3. The number of anilines is 1. The van der Waals surface area contributed by atoms with Gasteiger partial charge in [0.15, 0.2) is 12.6 Å². The Balaban J connectivity index is 2.03. The van der Waals surface area contributed by atoms with E-state index in [-0.39, 0.29) is 6.04 Å². The third-order valence-electron chi connectivity index (χ3n) is 5.62. The Kier molecular flexibility index (Phi) is 4.98. The summed E-state index contributed by atoms with van der Waals surface area (Å²) in [6.45, 7) is 6.14. The van der Waals surface area contributed by atoms with E-state index in [1.165, 1.54) is 18.4 Å². The Morgan fingerprint density at radius 3 is 2.00 bits per heavy atom. The zero-order valence-electron chi connectivity index (χ0n) is 15.5. The molecule has 3 rings (SSSR count). The summed E-state index contributed by atoms with van der Waals surface area (Å²) in [6, 6.07) is 4.44. The molecule has 1 fully saturated rings. The highest BCUT2D eigenvalue weighted by atomic mass is 16.1. The largest absolute Gasteiger partial charge is 0.338 e. The summed E-state index contributed by atoms with van der Waals surface area (Å²) in [5, 5.41) is 0. The lowest BCUT2D eigenvalue weighted by Gasteiger charge is -2.42. The maximum Gasteiger partial charge on any atom is 0.231 e. The van der Waals surface area contributed by atoms with Gasteiger partial charge in [0, 0.05) is 24.1 Å². The van der Waals surface area contributed by atoms with Gasteiger partial charge in [-0.25, -0.2) is 0 Å². The van der Waals surface area contributed by atoms with Crippen LogP contribution in [-0.4, -0.2) is 29.2 Å². The van der Waals surface area contributed by atoms with Crippen LogP contribution in [0, 0.1) is 20.8 Å². The van der Waals surface area contributed by atoms with Gasteiger partial charge in [-0.05, 0) is 44.7 Å². The van der Waals surface area contributed by atoms with Crippen molar-refractivity contribution in [3.05, 3.63) is 41.2 Å². The van der Waals surface area contributed by atoms with Crippen molar-refractivity contribution < 1.29 is 9.59 Å². The SMILES string of the molecule is Cc1cc(C)c(N2C=CN(C3CCCCCC3)C2(C=O)C=O)c(C)c1. The topological polar surface area (TPSA) is 40.6 Å². The van der Waals surface area contributed by atoms with Crippen LogP contribution in [0.3, 0.4) is 0 Å². The Morgan fingerprint density at radius 1 is 0.920 bits per heavy atom. The van der Waals surface area contributed by atoms with Crippen molar-refractivity contribution >= 4 is 18.3 Å². The summed E-state index contributed by atoms with van der Waals surface area (Å²) in [7, 11) is 0. The molecule has 25 heavy (non-hydrogen) atoms. The zero-order chi connectivity index (χ0) is 18.0. The van der Waals surface area contributed by atoms with Gasteiger partial charge in [-0.15, -0.1) is 0 Å². The lowest BCUT2D eigenvalue weighted by molar-refractivity contribution is -0.127. The highest BCUT2D eigenvalue weighted by Crippen LogP contribution is 2.39. The van der Waals surface area contributed by atoms with Crippen LogP contribution in [0.15, 0.2) is 24.5 Å². The minimum atomic E-state index is -1.26. The molecule has 1 aliphatic heterocycles. The maximum absolute atomic E-state index is 12.2. The molecule has 0 unspecified atom stereocenters. The molecule has 0 bridgehead atoms. The molecule has 1 aromatic rings. The van der Waals surface area contributed by atoms with Crippen molar-refractivity contribution in [1.82, 2.24) is 4.90 Å². The van der Waals surface area contributed by atoms with Gasteiger partial charge in [0.1, 0.15) is 0 Å². The normalized spacial score (nSPS) is 20.6. The second-order valence-electron chi connectivity index (χ2n) is 7.49. The molecular weight excluding hydrogens is 312 g/mol. The molecule has 0 amide bonds. The van der Waals surface area contributed by atoms with E-state index < -0.39 is 5.66 Å². The fourth-order valence-corrected chi connectivity index (χ4v) is 4.52. The Labute approximate surface area is 150 Å². The lowest BCUT2D eigenvalue weighted by Crippen LogP contribution is -2.59. The number of carbonyl (C=O) groups is 2. The molecule has 1 heterocycles. The monoisotopic (exact) mass is 340 g/mol. The highest BCUT2D eigenvalue weighted by Gasteiger charge is 2.48. The van der Waals surface area contributed by atoms with Crippen molar-refractivity contribution in [1.29, 1.82) is 0 Å². The molecule has 0 aromatic heterocycles. The molecule has 0 spiro atoms. The van der Waals surface area contributed by atoms with E-state index in [4.69, 9.17) is 0 Å². The minimum Gasteiger partial charge on any atom is -0.338 e. The molecule has 1 aliphatic carbocycles. The lowest BCUT2D eigenvalue weighted by atomic mass is 9.99. The van der Waals surface area contributed by atoms with Gasteiger partial charge < -0.3 is 9.80 Å². The first-order valence-corrected chi connectivity index (χ1v) is 9.30. The van der Waals surface area contributed by atoms with Crippen LogP contribution in [-0.2, 0) is 9.59 Å². The number of carbonyl (C=O) groups excluding carboxylic acids is 2. The first kappa shape index (κ1) is 17.7. The number of hydrogen-bond acceptors (Lipinski definition) is 4. The van der Waals surface area contributed by atoms with E-state index in [0.29, 0.717) is 0 Å². The summed E-state index contributed by atoms with van der Waals surface area (Å²) in [5.41, 5.74) is 3.04. The summed E-state index contributed by atoms with van der Waals surface area (Å²) in [5.74, 6) is 0. The third kappa shape index (κ3) is 2.99.